The average molecular weight is 468 g/mol. The van der Waals surface area contributed by atoms with Crippen molar-refractivity contribution in [1.29, 1.82) is 0 Å². The first-order chi connectivity index (χ1) is 16.0. The molecule has 3 aromatic carbocycles. The average Bonchev–Trinajstić information content (AvgIpc) is 2.82. The molecule has 0 aliphatic heterocycles. The summed E-state index contributed by atoms with van der Waals surface area (Å²) in [5.41, 5.74) is 1.47. The number of aliphatic hydroxyl groups is 1. The molecule has 0 heterocycles. The van der Waals surface area contributed by atoms with Gasteiger partial charge in [-0.1, -0.05) is 54.1 Å². The molecule has 8 heteroatoms. The molecule has 0 bridgehead atoms. The van der Waals surface area contributed by atoms with Crippen molar-refractivity contribution >= 4 is 29.1 Å². The number of nitrogens with zero attached hydrogens (tertiary/aromatic N) is 1. The second kappa shape index (κ2) is 12.5. The number of hydrogen-bond donors (Lipinski definition) is 3. The summed E-state index contributed by atoms with van der Waals surface area (Å²) in [6, 6.07) is 23.7. The van der Waals surface area contributed by atoms with Gasteiger partial charge in [-0.3, -0.25) is 9.59 Å². The summed E-state index contributed by atoms with van der Waals surface area (Å²) in [4.78, 5) is 26.8. The van der Waals surface area contributed by atoms with Crippen LogP contribution in [0.5, 0.6) is 11.5 Å². The molecular weight excluding hydrogens is 442 g/mol. The Morgan fingerprint density at radius 2 is 1.58 bits per heavy atom. The number of halogens is 1. The highest BCUT2D eigenvalue weighted by atomic mass is 35.5. The Balaban J connectivity index is 1.76. The maximum Gasteiger partial charge on any atom is 0.239 e. The second-order valence-electron chi connectivity index (χ2n) is 7.22. The Morgan fingerprint density at radius 3 is 2.30 bits per heavy atom. The molecule has 0 radical (unpaired) electrons. The number of nitrogens with one attached hydrogen (secondary N) is 2. The van der Waals surface area contributed by atoms with Crippen LogP contribution in [0.3, 0.4) is 0 Å². The van der Waals surface area contributed by atoms with Crippen LogP contribution in [0.4, 0.5) is 5.69 Å². The van der Waals surface area contributed by atoms with Crippen molar-refractivity contribution in [3.8, 4) is 11.5 Å². The topological polar surface area (TPSA) is 90.9 Å². The van der Waals surface area contributed by atoms with Gasteiger partial charge in [-0.2, -0.15) is 0 Å². The van der Waals surface area contributed by atoms with Crippen LogP contribution in [0.2, 0.25) is 5.02 Å². The van der Waals surface area contributed by atoms with Crippen LogP contribution in [0.25, 0.3) is 0 Å². The Kier molecular flexibility index (Phi) is 9.11. The molecule has 33 heavy (non-hydrogen) atoms. The summed E-state index contributed by atoms with van der Waals surface area (Å²) >= 11 is 6.01. The molecule has 3 aromatic rings. The zero-order valence-electron chi connectivity index (χ0n) is 18.0. The fourth-order valence-electron chi connectivity index (χ4n) is 3.15. The van der Waals surface area contributed by atoms with Gasteiger partial charge in [-0.05, 0) is 42.0 Å². The van der Waals surface area contributed by atoms with E-state index in [4.69, 9.17) is 21.4 Å². The van der Waals surface area contributed by atoms with Crippen molar-refractivity contribution < 1.29 is 19.4 Å². The van der Waals surface area contributed by atoms with E-state index in [-0.39, 0.29) is 38.1 Å². The first-order valence-electron chi connectivity index (χ1n) is 10.5. The number of hydrogen-bond acceptors (Lipinski definition) is 5. The van der Waals surface area contributed by atoms with Crippen molar-refractivity contribution in [3.05, 3.63) is 89.4 Å². The third-order valence-corrected chi connectivity index (χ3v) is 4.89. The van der Waals surface area contributed by atoms with Gasteiger partial charge in [0, 0.05) is 18.1 Å². The van der Waals surface area contributed by atoms with Crippen molar-refractivity contribution in [1.82, 2.24) is 10.6 Å². The van der Waals surface area contributed by atoms with Gasteiger partial charge in [-0.15, -0.1) is 0 Å². The Bertz CT molecular complexity index is 1060. The summed E-state index contributed by atoms with van der Waals surface area (Å²) in [7, 11) is 0. The van der Waals surface area contributed by atoms with E-state index < -0.39 is 0 Å². The zero-order chi connectivity index (χ0) is 23.5. The molecule has 3 N–H and O–H groups in total. The summed E-state index contributed by atoms with van der Waals surface area (Å²) in [6.45, 7) is 0.128. The lowest BCUT2D eigenvalue weighted by molar-refractivity contribution is -0.120. The molecular formula is C25H26ClN3O4. The minimum atomic E-state index is -0.318. The van der Waals surface area contributed by atoms with Crippen molar-refractivity contribution in [3.63, 3.8) is 0 Å². The van der Waals surface area contributed by atoms with Crippen LogP contribution in [0.1, 0.15) is 5.56 Å². The van der Waals surface area contributed by atoms with Gasteiger partial charge < -0.3 is 25.4 Å². The molecule has 0 atom stereocenters. The number of ether oxygens (including phenoxy) is 1. The SMILES string of the molecule is O=C(CN(CC(=O)NCc1cccc(Cl)c1)c1ccccc1Oc1ccccc1)NCCO. The minimum absolute atomic E-state index is 0.0672. The van der Waals surface area contributed by atoms with Crippen molar-refractivity contribution in [2.75, 3.05) is 31.1 Å². The molecule has 3 rings (SSSR count). The van der Waals surface area contributed by atoms with E-state index in [9.17, 15) is 9.59 Å². The van der Waals surface area contributed by atoms with E-state index >= 15 is 0 Å². The van der Waals surface area contributed by atoms with E-state index in [1.807, 2.05) is 54.6 Å². The molecule has 0 unspecified atom stereocenters. The standard InChI is InChI=1S/C25H26ClN3O4/c26-20-8-6-7-19(15-20)16-28-25(32)18-29(17-24(31)27-13-14-30)22-11-4-5-12-23(22)33-21-9-2-1-3-10-21/h1-12,15,30H,13-14,16-18H2,(H,27,31)(H,28,32). The number of carbonyl (C=O) groups is 2. The number of amides is 2. The van der Waals surface area contributed by atoms with Gasteiger partial charge in [0.2, 0.25) is 11.8 Å². The van der Waals surface area contributed by atoms with Crippen LogP contribution in [0, 0.1) is 0 Å². The van der Waals surface area contributed by atoms with Gasteiger partial charge in [0.15, 0.2) is 5.75 Å². The quantitative estimate of drug-likeness (QED) is 0.402. The lowest BCUT2D eigenvalue weighted by Gasteiger charge is -2.26. The minimum Gasteiger partial charge on any atom is -0.455 e. The van der Waals surface area contributed by atoms with E-state index in [0.29, 0.717) is 28.8 Å². The van der Waals surface area contributed by atoms with E-state index in [2.05, 4.69) is 10.6 Å². The van der Waals surface area contributed by atoms with E-state index in [1.165, 1.54) is 0 Å². The molecule has 172 valence electrons. The summed E-state index contributed by atoms with van der Waals surface area (Å²) in [5.74, 6) is 0.571. The van der Waals surface area contributed by atoms with Crippen molar-refractivity contribution in [2.45, 2.75) is 6.54 Å². The van der Waals surface area contributed by atoms with Crippen LogP contribution in [-0.4, -0.2) is 43.2 Å². The summed E-state index contributed by atoms with van der Waals surface area (Å²) in [6.07, 6.45) is 0. The Morgan fingerprint density at radius 1 is 0.879 bits per heavy atom. The summed E-state index contributed by atoms with van der Waals surface area (Å²) < 4.78 is 6.02. The molecule has 7 nitrogen and oxygen atoms in total. The molecule has 0 aromatic heterocycles. The number of anilines is 1. The highest BCUT2D eigenvalue weighted by Crippen LogP contribution is 2.32. The lowest BCUT2D eigenvalue weighted by atomic mass is 10.2. The first-order valence-corrected chi connectivity index (χ1v) is 10.9. The van der Waals surface area contributed by atoms with Crippen LogP contribution in [-0.2, 0) is 16.1 Å². The Hall–Kier alpha value is -3.55. The van der Waals surface area contributed by atoms with Gasteiger partial charge in [0.25, 0.3) is 0 Å². The first kappa shape index (κ1) is 24.1. The second-order valence-corrected chi connectivity index (χ2v) is 7.66. The third kappa shape index (κ3) is 7.82. The number of rotatable bonds is 11. The maximum atomic E-state index is 12.8. The fourth-order valence-corrected chi connectivity index (χ4v) is 3.36. The number of para-hydroxylation sites is 3. The van der Waals surface area contributed by atoms with Gasteiger partial charge >= 0.3 is 0 Å². The normalized spacial score (nSPS) is 10.4. The third-order valence-electron chi connectivity index (χ3n) is 4.66. The van der Waals surface area contributed by atoms with Crippen molar-refractivity contribution in [2.24, 2.45) is 0 Å². The van der Waals surface area contributed by atoms with Crippen LogP contribution < -0.4 is 20.3 Å². The predicted molar refractivity (Wildman–Crippen MR) is 129 cm³/mol. The van der Waals surface area contributed by atoms with Crippen LogP contribution in [0.15, 0.2) is 78.9 Å². The maximum absolute atomic E-state index is 12.8. The van der Waals surface area contributed by atoms with Gasteiger partial charge in [0.1, 0.15) is 5.75 Å². The molecule has 0 fully saturated rings. The zero-order valence-corrected chi connectivity index (χ0v) is 18.8. The molecule has 0 spiro atoms. The monoisotopic (exact) mass is 467 g/mol. The molecule has 0 saturated carbocycles. The predicted octanol–water partition coefficient (Wildman–Crippen LogP) is 3.36. The van der Waals surface area contributed by atoms with Crippen LogP contribution >= 0.6 is 11.6 Å². The van der Waals surface area contributed by atoms with E-state index in [1.54, 1.807) is 29.2 Å². The smallest absolute Gasteiger partial charge is 0.239 e. The highest BCUT2D eigenvalue weighted by molar-refractivity contribution is 6.30. The summed E-state index contributed by atoms with van der Waals surface area (Å²) in [5, 5.41) is 15.1. The fraction of sp³-hybridized carbons (Fsp3) is 0.200. The van der Waals surface area contributed by atoms with Gasteiger partial charge in [0.05, 0.1) is 25.4 Å². The lowest BCUT2D eigenvalue weighted by Crippen LogP contribution is -2.43. The van der Waals surface area contributed by atoms with Gasteiger partial charge in [-0.25, -0.2) is 0 Å². The molecule has 0 aliphatic carbocycles. The largest absolute Gasteiger partial charge is 0.455 e. The number of aliphatic hydroxyl groups excluding tert-OH is 1. The molecule has 0 saturated heterocycles. The Labute approximate surface area is 197 Å². The molecule has 0 aliphatic rings. The highest BCUT2D eigenvalue weighted by Gasteiger charge is 2.19. The number of benzene rings is 3. The van der Waals surface area contributed by atoms with E-state index in [0.717, 1.165) is 5.56 Å². The molecule has 2 amide bonds. The number of carbonyl (C=O) groups excluding carboxylic acids is 2.